The molecule has 0 aliphatic heterocycles. The van der Waals surface area contributed by atoms with Gasteiger partial charge in [-0.1, -0.05) is 0 Å². The van der Waals surface area contributed by atoms with E-state index in [9.17, 15) is 4.79 Å². The maximum absolute atomic E-state index is 12.1. The van der Waals surface area contributed by atoms with Gasteiger partial charge in [0.05, 0.1) is 20.3 Å². The number of rotatable bonds is 7. The maximum Gasteiger partial charge on any atom is 0.239 e. The van der Waals surface area contributed by atoms with Gasteiger partial charge >= 0.3 is 0 Å². The zero-order valence-electron chi connectivity index (χ0n) is 13.8. The smallest absolute Gasteiger partial charge is 0.239 e. The zero-order valence-corrected chi connectivity index (χ0v) is 13.8. The van der Waals surface area contributed by atoms with E-state index in [-0.39, 0.29) is 18.0 Å². The lowest BCUT2D eigenvalue weighted by Crippen LogP contribution is -2.43. The summed E-state index contributed by atoms with van der Waals surface area (Å²) in [5.41, 5.74) is 0.968. The fraction of sp³-hybridized carbons (Fsp3) is 0.562. The summed E-state index contributed by atoms with van der Waals surface area (Å²) in [4.78, 5) is 13.8. The third kappa shape index (κ3) is 4.36. The number of nitrogens with one attached hydrogen (secondary N) is 1. The molecule has 1 N–H and O–H groups in total. The highest BCUT2D eigenvalue weighted by Crippen LogP contribution is 2.29. The van der Waals surface area contributed by atoms with Crippen LogP contribution in [0.4, 0.5) is 0 Å². The molecular weight excluding hydrogens is 268 g/mol. The van der Waals surface area contributed by atoms with Crippen molar-refractivity contribution in [2.24, 2.45) is 0 Å². The molecule has 5 nitrogen and oxygen atoms in total. The molecule has 1 amide bonds. The lowest BCUT2D eigenvalue weighted by molar-refractivity contribution is -0.131. The molecule has 0 radical (unpaired) electrons. The molecule has 0 aromatic heterocycles. The Hall–Kier alpha value is -1.75. The monoisotopic (exact) mass is 294 g/mol. The highest BCUT2D eigenvalue weighted by atomic mass is 16.5. The molecule has 1 rings (SSSR count). The van der Waals surface area contributed by atoms with E-state index in [1.807, 2.05) is 39.0 Å². The predicted octanol–water partition coefficient (Wildman–Crippen LogP) is 2.22. The summed E-state index contributed by atoms with van der Waals surface area (Å²) in [6, 6.07) is 5.36. The van der Waals surface area contributed by atoms with Crippen LogP contribution in [0.25, 0.3) is 0 Å². The molecule has 0 heterocycles. The molecule has 0 saturated carbocycles. The number of hydrogen-bond acceptors (Lipinski definition) is 4. The van der Waals surface area contributed by atoms with Gasteiger partial charge in [-0.05, 0) is 39.0 Å². The van der Waals surface area contributed by atoms with Crippen LogP contribution in [0.5, 0.6) is 11.5 Å². The Kier molecular flexibility index (Phi) is 6.49. The van der Waals surface area contributed by atoms with Crippen LogP contribution in [-0.4, -0.2) is 44.7 Å². The Morgan fingerprint density at radius 2 is 1.95 bits per heavy atom. The Bertz CT molecular complexity index is 477. The van der Waals surface area contributed by atoms with Crippen molar-refractivity contribution in [2.45, 2.75) is 32.9 Å². The van der Waals surface area contributed by atoms with Crippen LogP contribution in [-0.2, 0) is 4.79 Å². The fourth-order valence-corrected chi connectivity index (χ4v) is 2.20. The number of carbonyl (C=O) groups excluding carboxylic acids is 1. The van der Waals surface area contributed by atoms with Gasteiger partial charge in [0.15, 0.2) is 0 Å². The van der Waals surface area contributed by atoms with Crippen molar-refractivity contribution in [2.75, 3.05) is 27.8 Å². The number of benzene rings is 1. The maximum atomic E-state index is 12.1. The molecule has 5 heteroatoms. The molecule has 0 spiro atoms. The van der Waals surface area contributed by atoms with Crippen LogP contribution in [0.2, 0.25) is 0 Å². The van der Waals surface area contributed by atoms with Gasteiger partial charge in [0.1, 0.15) is 11.5 Å². The van der Waals surface area contributed by atoms with Gasteiger partial charge in [0, 0.05) is 25.2 Å². The Morgan fingerprint density at radius 1 is 1.29 bits per heavy atom. The van der Waals surface area contributed by atoms with Crippen molar-refractivity contribution >= 4 is 5.91 Å². The lowest BCUT2D eigenvalue weighted by Gasteiger charge is -2.25. The van der Waals surface area contributed by atoms with Crippen molar-refractivity contribution in [1.82, 2.24) is 10.2 Å². The van der Waals surface area contributed by atoms with Crippen LogP contribution in [0.15, 0.2) is 18.2 Å². The SMILES string of the molecule is CCN(C)C(=O)C(C)NC(C)c1cc(OC)ccc1OC. The summed E-state index contributed by atoms with van der Waals surface area (Å²) in [5, 5.41) is 3.31. The Morgan fingerprint density at radius 3 is 2.48 bits per heavy atom. The number of carbonyl (C=O) groups is 1. The molecule has 21 heavy (non-hydrogen) atoms. The summed E-state index contributed by atoms with van der Waals surface area (Å²) in [6.45, 7) is 6.53. The first-order valence-electron chi connectivity index (χ1n) is 7.17. The van der Waals surface area contributed by atoms with Gasteiger partial charge in [0.25, 0.3) is 0 Å². The Labute approximate surface area is 127 Å². The minimum absolute atomic E-state index is 0.0285. The van der Waals surface area contributed by atoms with Gasteiger partial charge in [-0.3, -0.25) is 10.1 Å². The topological polar surface area (TPSA) is 50.8 Å². The lowest BCUT2D eigenvalue weighted by atomic mass is 10.1. The van der Waals surface area contributed by atoms with Gasteiger partial charge in [-0.25, -0.2) is 0 Å². The standard InChI is InChI=1S/C16H26N2O3/c1-7-18(4)16(19)12(3)17-11(2)14-10-13(20-5)8-9-15(14)21-6/h8-12,17H,7H2,1-6H3. The summed E-state index contributed by atoms with van der Waals surface area (Å²) in [7, 11) is 5.07. The molecular formula is C16H26N2O3. The van der Waals surface area contributed by atoms with Crippen molar-refractivity contribution in [3.63, 3.8) is 0 Å². The molecule has 0 bridgehead atoms. The zero-order chi connectivity index (χ0) is 16.0. The third-order valence-electron chi connectivity index (χ3n) is 3.62. The molecule has 118 valence electrons. The van der Waals surface area contributed by atoms with E-state index >= 15 is 0 Å². The van der Waals surface area contributed by atoms with E-state index < -0.39 is 0 Å². The molecule has 0 aliphatic rings. The van der Waals surface area contributed by atoms with Crippen molar-refractivity contribution < 1.29 is 14.3 Å². The molecule has 1 aromatic carbocycles. The highest BCUT2D eigenvalue weighted by molar-refractivity contribution is 5.81. The first-order chi connectivity index (χ1) is 9.94. The van der Waals surface area contributed by atoms with E-state index in [1.165, 1.54) is 0 Å². The average Bonchev–Trinajstić information content (AvgIpc) is 2.52. The van der Waals surface area contributed by atoms with Gasteiger partial charge in [0.2, 0.25) is 5.91 Å². The molecule has 1 aromatic rings. The van der Waals surface area contributed by atoms with Gasteiger partial charge < -0.3 is 14.4 Å². The molecule has 0 aliphatic carbocycles. The van der Waals surface area contributed by atoms with Crippen molar-refractivity contribution in [1.29, 1.82) is 0 Å². The number of ether oxygens (including phenoxy) is 2. The van der Waals surface area contributed by atoms with Crippen molar-refractivity contribution in [3.8, 4) is 11.5 Å². The highest BCUT2D eigenvalue weighted by Gasteiger charge is 2.20. The van der Waals surface area contributed by atoms with Gasteiger partial charge in [-0.2, -0.15) is 0 Å². The van der Waals surface area contributed by atoms with Crippen LogP contribution in [0, 0.1) is 0 Å². The van der Waals surface area contributed by atoms with E-state index in [0.717, 1.165) is 17.1 Å². The number of methoxy groups -OCH3 is 2. The summed E-state index contributed by atoms with van der Waals surface area (Å²) in [6.07, 6.45) is 0. The van der Waals surface area contributed by atoms with E-state index in [0.29, 0.717) is 6.54 Å². The molecule has 0 saturated heterocycles. The first-order valence-corrected chi connectivity index (χ1v) is 7.17. The molecule has 2 atom stereocenters. The van der Waals surface area contributed by atoms with Crippen LogP contribution in [0.3, 0.4) is 0 Å². The number of amides is 1. The number of hydrogen-bond donors (Lipinski definition) is 1. The van der Waals surface area contributed by atoms with Gasteiger partial charge in [-0.15, -0.1) is 0 Å². The minimum Gasteiger partial charge on any atom is -0.497 e. The van der Waals surface area contributed by atoms with E-state index in [4.69, 9.17) is 9.47 Å². The Balaban J connectivity index is 2.88. The summed E-state index contributed by atoms with van der Waals surface area (Å²) >= 11 is 0. The second-order valence-corrected chi connectivity index (χ2v) is 5.07. The number of nitrogens with zero attached hydrogens (tertiary/aromatic N) is 1. The molecule has 2 unspecified atom stereocenters. The van der Waals surface area contributed by atoms with Crippen LogP contribution >= 0.6 is 0 Å². The fourth-order valence-electron chi connectivity index (χ4n) is 2.20. The quantitative estimate of drug-likeness (QED) is 0.838. The second kappa shape index (κ2) is 7.88. The summed E-state index contributed by atoms with van der Waals surface area (Å²) in [5.74, 6) is 1.62. The number of likely N-dealkylation sites (N-methyl/N-ethyl adjacent to an activating group) is 1. The van der Waals surface area contributed by atoms with Crippen LogP contribution < -0.4 is 14.8 Å². The normalized spacial score (nSPS) is 13.4. The van der Waals surface area contributed by atoms with E-state index in [1.54, 1.807) is 26.2 Å². The first kappa shape index (κ1) is 17.3. The largest absolute Gasteiger partial charge is 0.497 e. The van der Waals surface area contributed by atoms with Crippen molar-refractivity contribution in [3.05, 3.63) is 23.8 Å². The summed E-state index contributed by atoms with van der Waals surface area (Å²) < 4.78 is 10.6. The van der Waals surface area contributed by atoms with E-state index in [2.05, 4.69) is 5.32 Å². The average molecular weight is 294 g/mol. The predicted molar refractivity (Wildman–Crippen MR) is 83.9 cm³/mol. The van der Waals surface area contributed by atoms with Crippen LogP contribution in [0.1, 0.15) is 32.4 Å². The minimum atomic E-state index is -0.263. The third-order valence-corrected chi connectivity index (χ3v) is 3.62. The molecule has 0 fully saturated rings. The second-order valence-electron chi connectivity index (χ2n) is 5.07.